The number of nitrogens with one attached hydrogen (secondary N) is 1. The van der Waals surface area contributed by atoms with Crippen molar-refractivity contribution < 1.29 is 4.79 Å². The van der Waals surface area contributed by atoms with Gasteiger partial charge in [0.25, 0.3) is 5.91 Å². The van der Waals surface area contributed by atoms with Crippen molar-refractivity contribution in [3.63, 3.8) is 0 Å². The van der Waals surface area contributed by atoms with Gasteiger partial charge in [-0.05, 0) is 45.0 Å². The molecule has 1 aliphatic heterocycles. The van der Waals surface area contributed by atoms with Gasteiger partial charge in [-0.2, -0.15) is 5.10 Å². The van der Waals surface area contributed by atoms with E-state index in [1.165, 1.54) is 0 Å². The molecule has 1 atom stereocenters. The first kappa shape index (κ1) is 14.7. The van der Waals surface area contributed by atoms with Crippen LogP contribution in [0.4, 0.5) is 0 Å². The molecule has 2 aromatic rings. The van der Waals surface area contributed by atoms with Crippen LogP contribution >= 0.6 is 0 Å². The Morgan fingerprint density at radius 3 is 2.59 bits per heavy atom. The van der Waals surface area contributed by atoms with Crippen LogP contribution in [-0.4, -0.2) is 51.2 Å². The van der Waals surface area contributed by atoms with E-state index in [2.05, 4.69) is 22.3 Å². The second-order valence-corrected chi connectivity index (χ2v) is 5.77. The van der Waals surface area contributed by atoms with Gasteiger partial charge in [0, 0.05) is 31.2 Å². The quantitative estimate of drug-likeness (QED) is 0.908. The molecule has 1 aromatic heterocycles. The van der Waals surface area contributed by atoms with E-state index in [0.29, 0.717) is 11.6 Å². The van der Waals surface area contributed by atoms with Crippen molar-refractivity contribution in [3.05, 3.63) is 41.5 Å². The fourth-order valence-corrected chi connectivity index (χ4v) is 2.81. The Morgan fingerprint density at radius 2 is 2.00 bits per heavy atom. The summed E-state index contributed by atoms with van der Waals surface area (Å²) in [6.45, 7) is 8.24. The molecule has 0 bridgehead atoms. The summed E-state index contributed by atoms with van der Waals surface area (Å²) in [6, 6.07) is 7.90. The molecule has 0 radical (unpaired) electrons. The maximum atomic E-state index is 12.5. The van der Waals surface area contributed by atoms with Crippen molar-refractivity contribution in [1.82, 2.24) is 25.0 Å². The zero-order chi connectivity index (χ0) is 15.7. The van der Waals surface area contributed by atoms with Gasteiger partial charge in [0.2, 0.25) is 0 Å². The highest BCUT2D eigenvalue weighted by molar-refractivity contribution is 5.94. The number of rotatable bonds is 2. The van der Waals surface area contributed by atoms with Crippen LogP contribution in [0.15, 0.2) is 24.3 Å². The molecule has 2 heterocycles. The Kier molecular flexibility index (Phi) is 3.94. The highest BCUT2D eigenvalue weighted by atomic mass is 16.2. The summed E-state index contributed by atoms with van der Waals surface area (Å²) < 4.78 is 1.79. The largest absolute Gasteiger partial charge is 0.336 e. The lowest BCUT2D eigenvalue weighted by Crippen LogP contribution is -2.51. The third-order valence-electron chi connectivity index (χ3n) is 3.89. The van der Waals surface area contributed by atoms with Crippen molar-refractivity contribution in [1.29, 1.82) is 0 Å². The van der Waals surface area contributed by atoms with Gasteiger partial charge in [-0.3, -0.25) is 4.79 Å². The smallest absolute Gasteiger partial charge is 0.253 e. The molecule has 0 aliphatic carbocycles. The number of hydrogen-bond donors (Lipinski definition) is 1. The standard InChI is InChI=1S/C16H21N5O/c1-11-10-20(9-8-17-11)16(22)14-4-6-15(7-5-14)21-13(3)18-12(2)19-21/h4-7,11,17H,8-10H2,1-3H3. The second-order valence-electron chi connectivity index (χ2n) is 5.77. The molecule has 22 heavy (non-hydrogen) atoms. The zero-order valence-corrected chi connectivity index (χ0v) is 13.2. The van der Waals surface area contributed by atoms with Gasteiger partial charge < -0.3 is 10.2 Å². The molecule has 1 amide bonds. The lowest BCUT2D eigenvalue weighted by Gasteiger charge is -2.32. The molecule has 3 rings (SSSR count). The van der Waals surface area contributed by atoms with Crippen LogP contribution in [0.5, 0.6) is 0 Å². The molecule has 0 saturated carbocycles. The summed E-state index contributed by atoms with van der Waals surface area (Å²) in [7, 11) is 0. The Balaban J connectivity index is 1.79. The zero-order valence-electron chi connectivity index (χ0n) is 13.2. The van der Waals surface area contributed by atoms with Crippen LogP contribution in [0, 0.1) is 13.8 Å². The summed E-state index contributed by atoms with van der Waals surface area (Å²) in [5, 5.41) is 7.70. The third-order valence-corrected chi connectivity index (χ3v) is 3.89. The molecule has 1 N–H and O–H groups in total. The summed E-state index contributed by atoms with van der Waals surface area (Å²) in [6.07, 6.45) is 0. The predicted molar refractivity (Wildman–Crippen MR) is 84.2 cm³/mol. The molecular weight excluding hydrogens is 278 g/mol. The average molecular weight is 299 g/mol. The maximum Gasteiger partial charge on any atom is 0.253 e. The lowest BCUT2D eigenvalue weighted by atomic mass is 10.1. The number of piperazine rings is 1. The van der Waals surface area contributed by atoms with Crippen molar-refractivity contribution in [2.24, 2.45) is 0 Å². The van der Waals surface area contributed by atoms with E-state index in [0.717, 1.165) is 37.0 Å². The van der Waals surface area contributed by atoms with Crippen molar-refractivity contribution in [2.75, 3.05) is 19.6 Å². The fraction of sp³-hybridized carbons (Fsp3) is 0.438. The SMILES string of the molecule is Cc1nc(C)n(-c2ccc(C(=O)N3CCNC(C)C3)cc2)n1. The highest BCUT2D eigenvalue weighted by Crippen LogP contribution is 2.13. The Labute approximate surface area is 130 Å². The number of aromatic nitrogens is 3. The van der Waals surface area contributed by atoms with Crippen molar-refractivity contribution >= 4 is 5.91 Å². The minimum absolute atomic E-state index is 0.0893. The van der Waals surface area contributed by atoms with Crippen LogP contribution in [0.2, 0.25) is 0 Å². The van der Waals surface area contributed by atoms with Crippen LogP contribution in [0.1, 0.15) is 28.9 Å². The minimum atomic E-state index is 0.0893. The summed E-state index contributed by atoms with van der Waals surface area (Å²) in [5.74, 6) is 1.67. The highest BCUT2D eigenvalue weighted by Gasteiger charge is 2.21. The number of hydrogen-bond acceptors (Lipinski definition) is 4. The van der Waals surface area contributed by atoms with Crippen molar-refractivity contribution in [2.45, 2.75) is 26.8 Å². The number of benzene rings is 1. The third kappa shape index (κ3) is 2.87. The number of nitrogens with zero attached hydrogens (tertiary/aromatic N) is 4. The molecule has 1 aliphatic rings. The minimum Gasteiger partial charge on any atom is -0.336 e. The Hall–Kier alpha value is -2.21. The molecule has 1 fully saturated rings. The number of carbonyl (C=O) groups excluding carboxylic acids is 1. The number of amides is 1. The Bertz CT molecular complexity index is 676. The van der Waals surface area contributed by atoms with E-state index >= 15 is 0 Å². The van der Waals surface area contributed by atoms with Crippen LogP contribution in [0.3, 0.4) is 0 Å². The first-order valence-corrected chi connectivity index (χ1v) is 7.58. The van der Waals surface area contributed by atoms with E-state index in [1.54, 1.807) is 4.68 Å². The lowest BCUT2D eigenvalue weighted by molar-refractivity contribution is 0.0709. The first-order valence-electron chi connectivity index (χ1n) is 7.58. The van der Waals surface area contributed by atoms with Gasteiger partial charge >= 0.3 is 0 Å². The number of aryl methyl sites for hydroxylation is 2. The van der Waals surface area contributed by atoms with Gasteiger partial charge in [-0.1, -0.05) is 0 Å². The predicted octanol–water partition coefficient (Wildman–Crippen LogP) is 1.32. The van der Waals surface area contributed by atoms with Crippen molar-refractivity contribution in [3.8, 4) is 5.69 Å². The van der Waals surface area contributed by atoms with Crippen LogP contribution < -0.4 is 5.32 Å². The number of carbonyl (C=O) groups is 1. The second kappa shape index (κ2) is 5.88. The van der Waals surface area contributed by atoms with Crippen LogP contribution in [-0.2, 0) is 0 Å². The molecule has 1 unspecified atom stereocenters. The topological polar surface area (TPSA) is 63.1 Å². The van der Waals surface area contributed by atoms with Gasteiger partial charge in [-0.25, -0.2) is 9.67 Å². The van der Waals surface area contributed by atoms with E-state index in [1.807, 2.05) is 43.0 Å². The molecule has 1 saturated heterocycles. The van der Waals surface area contributed by atoms with Crippen LogP contribution in [0.25, 0.3) is 5.69 Å². The molecule has 0 spiro atoms. The van der Waals surface area contributed by atoms with Gasteiger partial charge in [-0.15, -0.1) is 0 Å². The van der Waals surface area contributed by atoms with E-state index in [4.69, 9.17) is 0 Å². The molecule has 6 nitrogen and oxygen atoms in total. The molecule has 6 heteroatoms. The molecular formula is C16H21N5O. The van der Waals surface area contributed by atoms with E-state index in [-0.39, 0.29) is 5.91 Å². The summed E-state index contributed by atoms with van der Waals surface area (Å²) in [5.41, 5.74) is 1.63. The average Bonchev–Trinajstić information content (AvgIpc) is 2.85. The molecule has 116 valence electrons. The van der Waals surface area contributed by atoms with E-state index in [9.17, 15) is 4.79 Å². The monoisotopic (exact) mass is 299 g/mol. The van der Waals surface area contributed by atoms with Gasteiger partial charge in [0.1, 0.15) is 11.6 Å². The Morgan fingerprint density at radius 1 is 1.27 bits per heavy atom. The summed E-state index contributed by atoms with van der Waals surface area (Å²) >= 11 is 0. The summed E-state index contributed by atoms with van der Waals surface area (Å²) in [4.78, 5) is 18.7. The fourth-order valence-electron chi connectivity index (χ4n) is 2.81. The van der Waals surface area contributed by atoms with E-state index < -0.39 is 0 Å². The maximum absolute atomic E-state index is 12.5. The van der Waals surface area contributed by atoms with Gasteiger partial charge in [0.05, 0.1) is 5.69 Å². The normalized spacial score (nSPS) is 18.5. The van der Waals surface area contributed by atoms with Gasteiger partial charge in [0.15, 0.2) is 0 Å². The first-order chi connectivity index (χ1) is 10.5. The molecule has 1 aromatic carbocycles.